The van der Waals surface area contributed by atoms with Gasteiger partial charge in [-0.3, -0.25) is 4.57 Å². The highest BCUT2D eigenvalue weighted by Gasteiger charge is 2.51. The molecule has 7 heteroatoms. The highest BCUT2D eigenvalue weighted by atomic mass is 31.2. The first kappa shape index (κ1) is 24.8. The van der Waals surface area contributed by atoms with E-state index in [4.69, 9.17) is 4.74 Å². The average Bonchev–Trinajstić information content (AvgIpc) is 2.80. The van der Waals surface area contributed by atoms with Crippen LogP contribution in [0.2, 0.25) is 0 Å². The van der Waals surface area contributed by atoms with Crippen molar-refractivity contribution in [2.75, 3.05) is 0 Å². The predicted octanol–water partition coefficient (Wildman–Crippen LogP) is 7.31. The molecule has 0 spiro atoms. The maximum atomic E-state index is 15.4. The lowest BCUT2D eigenvalue weighted by atomic mass is 9.48. The highest BCUT2D eigenvalue weighted by Crippen LogP contribution is 2.60. The molecule has 2 N–H and O–H groups in total. The van der Waals surface area contributed by atoms with Crippen LogP contribution in [0.1, 0.15) is 55.2 Å². The minimum Gasteiger partial charge on any atom is -0.457 e. The van der Waals surface area contributed by atoms with E-state index < -0.39 is 19.2 Å². The van der Waals surface area contributed by atoms with Gasteiger partial charge < -0.3 is 14.5 Å². The maximum absolute atomic E-state index is 15.4. The van der Waals surface area contributed by atoms with Gasteiger partial charge in [-0.2, -0.15) is 0 Å². The molecule has 7 rings (SSSR count). The lowest BCUT2D eigenvalue weighted by Crippen LogP contribution is -2.48. The van der Waals surface area contributed by atoms with E-state index in [0.717, 1.165) is 42.6 Å². The Morgan fingerprint density at radius 1 is 0.811 bits per heavy atom. The molecule has 4 bridgehead atoms. The first-order valence-electron chi connectivity index (χ1n) is 13.0. The van der Waals surface area contributed by atoms with Crippen molar-refractivity contribution in [2.45, 2.75) is 57.8 Å². The van der Waals surface area contributed by atoms with Gasteiger partial charge in [-0.15, -0.1) is 0 Å². The standard InChI is InChI=1S/C30H31F2O4P/c1-17-7-24(37(33,34)35)8-18(2)29(17)36-23-4-6-26(28(32)13-23)25-5-3-22(12-27(25)31)30-14-19-9-20(15-30)11-21(10-19)16-30/h3-8,12-13,19-21H,9-11,14-16H2,1-2H3,(H2,33,34,35). The van der Waals surface area contributed by atoms with Crippen LogP contribution in [0.3, 0.4) is 0 Å². The van der Waals surface area contributed by atoms with Gasteiger partial charge in [0.2, 0.25) is 0 Å². The van der Waals surface area contributed by atoms with Gasteiger partial charge in [-0.1, -0.05) is 12.1 Å². The van der Waals surface area contributed by atoms with Crippen molar-refractivity contribution in [1.82, 2.24) is 0 Å². The second-order valence-corrected chi connectivity index (χ2v) is 13.2. The summed E-state index contributed by atoms with van der Waals surface area (Å²) in [5.41, 5.74) is 2.60. The minimum absolute atomic E-state index is 0.0788. The average molecular weight is 525 g/mol. The van der Waals surface area contributed by atoms with E-state index >= 15 is 8.78 Å². The molecule has 0 radical (unpaired) electrons. The Labute approximate surface area is 215 Å². The molecule has 37 heavy (non-hydrogen) atoms. The fourth-order valence-corrected chi connectivity index (χ4v) is 8.40. The molecule has 4 aliphatic rings. The topological polar surface area (TPSA) is 66.8 Å². The van der Waals surface area contributed by atoms with Crippen LogP contribution >= 0.6 is 7.60 Å². The lowest BCUT2D eigenvalue weighted by Gasteiger charge is -2.57. The van der Waals surface area contributed by atoms with E-state index in [9.17, 15) is 14.4 Å². The van der Waals surface area contributed by atoms with E-state index in [-0.39, 0.29) is 27.6 Å². The SMILES string of the molecule is Cc1cc(P(=O)(O)O)cc(C)c1Oc1ccc(-c2ccc(C34CC5CC(CC(C5)C3)C4)cc2F)c(F)c1. The molecule has 4 nitrogen and oxygen atoms in total. The summed E-state index contributed by atoms with van der Waals surface area (Å²) < 4.78 is 48.1. The molecule has 0 amide bonds. The first-order valence-corrected chi connectivity index (χ1v) is 14.6. The van der Waals surface area contributed by atoms with Crippen LogP contribution < -0.4 is 10.0 Å². The molecule has 3 aromatic carbocycles. The largest absolute Gasteiger partial charge is 0.457 e. The zero-order chi connectivity index (χ0) is 26.1. The van der Waals surface area contributed by atoms with Crippen LogP contribution in [-0.4, -0.2) is 9.79 Å². The molecule has 0 aliphatic heterocycles. The van der Waals surface area contributed by atoms with Crippen molar-refractivity contribution < 1.29 is 27.9 Å². The van der Waals surface area contributed by atoms with Crippen molar-refractivity contribution >= 4 is 12.9 Å². The Morgan fingerprint density at radius 3 is 1.81 bits per heavy atom. The number of hydrogen-bond donors (Lipinski definition) is 2. The number of ether oxygens (including phenoxy) is 1. The summed E-state index contributed by atoms with van der Waals surface area (Å²) in [4.78, 5) is 18.9. The fourth-order valence-electron chi connectivity index (χ4n) is 7.68. The third-order valence-electron chi connectivity index (χ3n) is 8.85. The molecule has 4 fully saturated rings. The molecule has 3 aromatic rings. The first-order chi connectivity index (χ1) is 17.5. The number of halogens is 2. The van der Waals surface area contributed by atoms with Crippen LogP contribution in [0.15, 0.2) is 48.5 Å². The van der Waals surface area contributed by atoms with Crippen molar-refractivity contribution in [1.29, 1.82) is 0 Å². The van der Waals surface area contributed by atoms with Gasteiger partial charge >= 0.3 is 7.60 Å². The third kappa shape index (κ3) is 4.43. The molecular formula is C30H31F2O4P. The zero-order valence-corrected chi connectivity index (χ0v) is 21.9. The Hall–Kier alpha value is -2.53. The summed E-state index contributed by atoms with van der Waals surface area (Å²) in [6.45, 7) is 3.35. The third-order valence-corrected chi connectivity index (χ3v) is 9.78. The van der Waals surface area contributed by atoms with E-state index in [1.807, 2.05) is 6.07 Å². The van der Waals surface area contributed by atoms with Crippen molar-refractivity contribution in [2.24, 2.45) is 17.8 Å². The van der Waals surface area contributed by atoms with E-state index in [1.165, 1.54) is 43.5 Å². The van der Waals surface area contributed by atoms with Crippen molar-refractivity contribution in [3.05, 3.63) is 76.9 Å². The molecule has 0 saturated heterocycles. The predicted molar refractivity (Wildman–Crippen MR) is 139 cm³/mol. The fraction of sp³-hybridized carbons (Fsp3) is 0.400. The second kappa shape index (κ2) is 8.76. The molecule has 0 heterocycles. The van der Waals surface area contributed by atoms with Gasteiger partial charge in [-0.25, -0.2) is 8.78 Å². The minimum atomic E-state index is -4.40. The summed E-state index contributed by atoms with van der Waals surface area (Å²) in [7, 11) is -4.40. The number of benzene rings is 3. The van der Waals surface area contributed by atoms with Gasteiger partial charge in [-0.05, 0) is 123 Å². The Balaban J connectivity index is 1.26. The lowest BCUT2D eigenvalue weighted by molar-refractivity contribution is -0.00530. The summed E-state index contributed by atoms with van der Waals surface area (Å²) >= 11 is 0. The summed E-state index contributed by atoms with van der Waals surface area (Å²) in [5, 5.41) is -0.0937. The molecule has 0 aromatic heterocycles. The van der Waals surface area contributed by atoms with Gasteiger partial charge in [0.1, 0.15) is 23.1 Å². The molecule has 4 aliphatic carbocycles. The maximum Gasteiger partial charge on any atom is 0.356 e. The normalized spacial score (nSPS) is 26.5. The molecule has 4 saturated carbocycles. The molecule has 0 atom stereocenters. The summed E-state index contributed by atoms with van der Waals surface area (Å²) in [6, 6.07) is 12.4. The van der Waals surface area contributed by atoms with Crippen LogP contribution in [0.5, 0.6) is 11.5 Å². The number of aryl methyl sites for hydroxylation is 2. The number of rotatable bonds is 5. The van der Waals surface area contributed by atoms with Crippen LogP contribution in [-0.2, 0) is 9.98 Å². The molecule has 194 valence electrons. The van der Waals surface area contributed by atoms with E-state index in [2.05, 4.69) is 0 Å². The monoisotopic (exact) mass is 524 g/mol. The Kier molecular flexibility index (Phi) is 5.87. The van der Waals surface area contributed by atoms with Crippen molar-refractivity contribution in [3.8, 4) is 22.6 Å². The zero-order valence-electron chi connectivity index (χ0n) is 21.0. The van der Waals surface area contributed by atoms with Crippen molar-refractivity contribution in [3.63, 3.8) is 0 Å². The van der Waals surface area contributed by atoms with E-state index in [1.54, 1.807) is 32.0 Å². The van der Waals surface area contributed by atoms with Crippen LogP contribution in [0.25, 0.3) is 11.1 Å². The van der Waals surface area contributed by atoms with E-state index in [0.29, 0.717) is 16.9 Å². The quantitative estimate of drug-likeness (QED) is 0.344. The second-order valence-electron chi connectivity index (χ2n) is 11.6. The van der Waals surface area contributed by atoms with Gasteiger partial charge in [0, 0.05) is 17.2 Å². The van der Waals surface area contributed by atoms with Gasteiger partial charge in [0.25, 0.3) is 0 Å². The Morgan fingerprint density at radius 2 is 1.32 bits per heavy atom. The molecular weight excluding hydrogens is 493 g/mol. The van der Waals surface area contributed by atoms with Gasteiger partial charge in [0.15, 0.2) is 0 Å². The van der Waals surface area contributed by atoms with Crippen LogP contribution in [0, 0.1) is 43.2 Å². The highest BCUT2D eigenvalue weighted by molar-refractivity contribution is 7.60. The Bertz CT molecular complexity index is 1390. The number of hydrogen-bond acceptors (Lipinski definition) is 2. The van der Waals surface area contributed by atoms with Crippen LogP contribution in [0.4, 0.5) is 8.78 Å². The summed E-state index contributed by atoms with van der Waals surface area (Å²) in [6.07, 6.45) is 7.41. The summed E-state index contributed by atoms with van der Waals surface area (Å²) in [5.74, 6) is 1.91. The van der Waals surface area contributed by atoms with Gasteiger partial charge in [0.05, 0.1) is 5.30 Å². The smallest absolute Gasteiger partial charge is 0.356 e. The molecule has 0 unspecified atom stereocenters.